The quantitative estimate of drug-likeness (QED) is 0.325. The summed E-state index contributed by atoms with van der Waals surface area (Å²) in [7, 11) is -3.14. The third-order valence-electron chi connectivity index (χ3n) is 0.862. The zero-order chi connectivity index (χ0) is 8.91. The van der Waals surface area contributed by atoms with Gasteiger partial charge in [-0.2, -0.15) is 0 Å². The van der Waals surface area contributed by atoms with Gasteiger partial charge >= 0.3 is 77.8 Å². The molecule has 0 aliphatic carbocycles. The van der Waals surface area contributed by atoms with Crippen molar-refractivity contribution in [1.82, 2.24) is 0 Å². The maximum absolute atomic E-state index is 10.9. The first-order valence-corrected chi connectivity index (χ1v) is 5.97. The Morgan fingerprint density at radius 1 is 1.46 bits per heavy atom. The molecule has 0 saturated carbocycles. The van der Waals surface area contributed by atoms with Crippen molar-refractivity contribution in [2.24, 2.45) is 3.50 Å². The molecule has 0 heterocycles. The number of hydrogen-bond acceptors (Lipinski definition) is 3. The summed E-state index contributed by atoms with van der Waals surface area (Å²) in [4.78, 5) is 0. The zero-order valence-corrected chi connectivity index (χ0v) is 16.7. The minimum atomic E-state index is -3.14. The van der Waals surface area contributed by atoms with Crippen LogP contribution in [-0.4, -0.2) is 14.7 Å². The molecule has 0 rings (SSSR count). The van der Waals surface area contributed by atoms with Gasteiger partial charge in [0.1, 0.15) is 0 Å². The molecule has 74 valence electrons. The van der Waals surface area contributed by atoms with Gasteiger partial charge < -0.3 is 0 Å². The molecule has 0 aliphatic heterocycles. The molecular formula is C6H8NO2SW3-. The van der Waals surface area contributed by atoms with Crippen LogP contribution in [0.25, 0.3) is 0 Å². The molecule has 0 aliphatic rings. The first kappa shape index (κ1) is 19.8. The van der Waals surface area contributed by atoms with Crippen molar-refractivity contribution in [3.63, 3.8) is 0 Å². The topological polar surface area (TPSA) is 46.5 Å². The van der Waals surface area contributed by atoms with Gasteiger partial charge in [0.25, 0.3) is 0 Å². The molecule has 0 saturated heterocycles. The predicted molar refractivity (Wildman–Crippen MR) is 38.8 cm³/mol. The minimum Gasteiger partial charge on any atom is 0 e. The summed E-state index contributed by atoms with van der Waals surface area (Å²) in [6.07, 6.45) is 6.79. The first-order chi connectivity index (χ1) is 5.02. The molecule has 0 spiro atoms. The monoisotopic (exact) mass is 710 g/mol. The summed E-state index contributed by atoms with van der Waals surface area (Å²) in [5.41, 5.74) is 0. The van der Waals surface area contributed by atoms with Crippen molar-refractivity contribution in [2.75, 3.05) is 6.26 Å². The molecule has 7 heteroatoms. The van der Waals surface area contributed by atoms with Crippen LogP contribution in [0.2, 0.25) is 0 Å². The second kappa shape index (κ2) is 9.83. The standard InChI is InChI=1S/C6H8NO2S.3W/c1-3-4-5-6(7)10(2,8)9;;;/h4-5H,1-2H3;;;/q-1;;;/b6-5+;;;. The Bertz CT molecular complexity index is 295. The number of hydrogen-bond donors (Lipinski definition) is 0. The zero-order valence-electron chi connectivity index (χ0n) is 7.05. The van der Waals surface area contributed by atoms with Crippen molar-refractivity contribution in [1.29, 1.82) is 0 Å². The van der Waals surface area contributed by atoms with Crippen molar-refractivity contribution in [3.05, 3.63) is 23.3 Å². The van der Waals surface area contributed by atoms with Gasteiger partial charge in [-0.3, -0.25) is 0 Å². The molecule has 13 heavy (non-hydrogen) atoms. The molecular weight excluding hydrogens is 702 g/mol. The van der Waals surface area contributed by atoms with Gasteiger partial charge in [-0.1, -0.05) is 0 Å². The molecule has 0 aromatic heterocycles. The molecule has 0 N–H and O–H groups in total. The molecule has 0 aromatic carbocycles. The summed E-state index contributed by atoms with van der Waals surface area (Å²) >= 11 is 0.876. The van der Waals surface area contributed by atoms with Crippen LogP contribution in [0.1, 0.15) is 6.92 Å². The Morgan fingerprint density at radius 2 is 1.92 bits per heavy atom. The molecule has 0 radical (unpaired) electrons. The molecule has 0 bridgehead atoms. The average Bonchev–Trinajstić information content (AvgIpc) is 1.87. The molecule has 0 fully saturated rings. The van der Waals surface area contributed by atoms with E-state index in [2.05, 4.69) is 9.57 Å². The van der Waals surface area contributed by atoms with Crippen LogP contribution in [-0.2, 0) is 71.6 Å². The van der Waals surface area contributed by atoms with Gasteiger partial charge in [0.05, 0.1) is 0 Å². The molecule has 0 aromatic rings. The van der Waals surface area contributed by atoms with Crippen LogP contribution in [0.4, 0.5) is 0 Å². The third kappa shape index (κ3) is 9.60. The van der Waals surface area contributed by atoms with Crippen LogP contribution in [0.5, 0.6) is 0 Å². The van der Waals surface area contributed by atoms with E-state index >= 15 is 0 Å². The number of nitrogens with zero attached hydrogens (tertiary/aromatic N) is 1. The normalized spacial score (nSPS) is 11.7. The van der Waals surface area contributed by atoms with E-state index in [0.29, 0.717) is 0 Å². The maximum Gasteiger partial charge on any atom is 0 e. The van der Waals surface area contributed by atoms with E-state index in [1.807, 2.05) is 0 Å². The van der Waals surface area contributed by atoms with E-state index in [1.165, 1.54) is 12.2 Å². The molecule has 0 amide bonds. The summed E-state index contributed by atoms with van der Waals surface area (Å²) in [6, 6.07) is 0. The van der Waals surface area contributed by atoms with Crippen molar-refractivity contribution >= 4 is 9.84 Å². The fourth-order valence-electron chi connectivity index (χ4n) is 0.376. The van der Waals surface area contributed by atoms with Gasteiger partial charge in [-0.25, -0.2) is 0 Å². The van der Waals surface area contributed by atoms with Crippen LogP contribution in [0.15, 0.2) is 20.7 Å². The summed E-state index contributed by atoms with van der Waals surface area (Å²) in [5, 5.41) is 0.113. The van der Waals surface area contributed by atoms with Gasteiger partial charge in [-0.05, 0) is 0 Å². The number of allylic oxidation sites excluding steroid dienone is 3. The van der Waals surface area contributed by atoms with Crippen molar-refractivity contribution < 1.29 is 70.2 Å². The van der Waals surface area contributed by atoms with Gasteiger partial charge in [0.2, 0.25) is 0 Å². The fraction of sp³-hybridized carbons (Fsp3) is 0.333. The van der Waals surface area contributed by atoms with E-state index in [0.717, 1.165) is 25.9 Å². The second-order valence-electron chi connectivity index (χ2n) is 1.82. The third-order valence-corrected chi connectivity index (χ3v) is 3.01. The van der Waals surface area contributed by atoms with Crippen molar-refractivity contribution in [3.8, 4) is 0 Å². The van der Waals surface area contributed by atoms with Crippen LogP contribution in [0, 0.1) is 6.08 Å². The Balaban J connectivity index is -0.000000500. The number of rotatable bonds is 3. The molecule has 0 unspecified atom stereocenters. The SMILES string of the molecule is C[C-]=C/C=C(\[N]=[W])S(C)(=O)=O.[W].[W]. The summed E-state index contributed by atoms with van der Waals surface area (Å²) in [5.74, 6) is 0. The number of sulfone groups is 1. The maximum atomic E-state index is 10.9. The largest absolute Gasteiger partial charge is 0 e. The Kier molecular flexibility index (Phi) is 15.0. The van der Waals surface area contributed by atoms with E-state index < -0.39 is 9.84 Å². The second-order valence-corrected chi connectivity index (χ2v) is 4.44. The molecule has 0 atom stereocenters. The van der Waals surface area contributed by atoms with E-state index in [-0.39, 0.29) is 47.2 Å². The summed E-state index contributed by atoms with van der Waals surface area (Å²) in [6.45, 7) is 1.69. The van der Waals surface area contributed by atoms with Crippen LogP contribution in [0.3, 0.4) is 0 Å². The predicted octanol–water partition coefficient (Wildman–Crippen LogP) is 0.977. The Morgan fingerprint density at radius 3 is 2.15 bits per heavy atom. The van der Waals surface area contributed by atoms with Gasteiger partial charge in [0.15, 0.2) is 0 Å². The smallest absolute Gasteiger partial charge is 0 e. The molecule has 3 nitrogen and oxygen atoms in total. The van der Waals surface area contributed by atoms with E-state index in [9.17, 15) is 8.42 Å². The van der Waals surface area contributed by atoms with Gasteiger partial charge in [0, 0.05) is 42.1 Å². The Hall–Kier alpha value is 1.29. The minimum absolute atomic E-state index is 0. The van der Waals surface area contributed by atoms with Crippen LogP contribution >= 0.6 is 0 Å². The van der Waals surface area contributed by atoms with E-state index in [4.69, 9.17) is 0 Å². The average molecular weight is 710 g/mol. The van der Waals surface area contributed by atoms with Crippen LogP contribution < -0.4 is 0 Å². The van der Waals surface area contributed by atoms with Crippen molar-refractivity contribution in [2.45, 2.75) is 6.92 Å². The fourth-order valence-corrected chi connectivity index (χ4v) is 2.50. The Labute approximate surface area is 119 Å². The summed E-state index contributed by atoms with van der Waals surface area (Å²) < 4.78 is 25.4. The first-order valence-electron chi connectivity index (χ1n) is 2.76. The van der Waals surface area contributed by atoms with E-state index in [1.54, 1.807) is 6.92 Å². The van der Waals surface area contributed by atoms with Gasteiger partial charge in [-0.15, -0.1) is 0 Å².